The van der Waals surface area contributed by atoms with E-state index in [0.717, 1.165) is 16.7 Å². The Labute approximate surface area is 90.8 Å². The molecule has 2 heteroatoms. The summed E-state index contributed by atoms with van der Waals surface area (Å²) >= 11 is 0. The van der Waals surface area contributed by atoms with Gasteiger partial charge in [-0.05, 0) is 36.1 Å². The molecule has 0 aliphatic carbocycles. The Morgan fingerprint density at radius 2 is 2.13 bits per heavy atom. The van der Waals surface area contributed by atoms with Gasteiger partial charge in [-0.15, -0.1) is 0 Å². The second-order valence-electron chi connectivity index (χ2n) is 4.08. The van der Waals surface area contributed by atoms with Gasteiger partial charge in [0, 0.05) is 6.54 Å². The molecule has 1 rings (SSSR count). The van der Waals surface area contributed by atoms with Crippen molar-refractivity contribution in [2.24, 2.45) is 11.7 Å². The normalized spacial score (nSPS) is 12.3. The lowest BCUT2D eigenvalue weighted by molar-refractivity contribution is 0.627. The highest BCUT2D eigenvalue weighted by atomic mass is 19.1. The van der Waals surface area contributed by atoms with Crippen molar-refractivity contribution in [2.45, 2.75) is 20.8 Å². The predicted octanol–water partition coefficient (Wildman–Crippen LogP) is 3.13. The first-order valence-electron chi connectivity index (χ1n) is 5.21. The van der Waals surface area contributed by atoms with Crippen molar-refractivity contribution in [3.8, 4) is 0 Å². The minimum absolute atomic E-state index is 0.202. The molecule has 0 amide bonds. The molecule has 1 aromatic rings. The average Bonchev–Trinajstić information content (AvgIpc) is 2.18. The molecule has 0 spiro atoms. The van der Waals surface area contributed by atoms with E-state index in [4.69, 9.17) is 5.73 Å². The molecule has 0 aliphatic rings. The topological polar surface area (TPSA) is 26.0 Å². The van der Waals surface area contributed by atoms with E-state index in [2.05, 4.69) is 13.8 Å². The van der Waals surface area contributed by atoms with Crippen LogP contribution in [0.1, 0.15) is 25.0 Å². The van der Waals surface area contributed by atoms with Crippen LogP contribution in [0.4, 0.5) is 4.39 Å². The first kappa shape index (κ1) is 11.9. The van der Waals surface area contributed by atoms with Gasteiger partial charge < -0.3 is 5.73 Å². The summed E-state index contributed by atoms with van der Waals surface area (Å²) < 4.78 is 13.0. The maximum Gasteiger partial charge on any atom is 0.123 e. The first-order valence-corrected chi connectivity index (χ1v) is 5.21. The smallest absolute Gasteiger partial charge is 0.123 e. The maximum atomic E-state index is 13.0. The van der Waals surface area contributed by atoms with E-state index in [-0.39, 0.29) is 5.82 Å². The van der Waals surface area contributed by atoms with Gasteiger partial charge in [-0.2, -0.15) is 0 Å². The highest BCUT2D eigenvalue weighted by Crippen LogP contribution is 2.17. The lowest BCUT2D eigenvalue weighted by Crippen LogP contribution is -2.08. The summed E-state index contributed by atoms with van der Waals surface area (Å²) in [7, 11) is 0. The van der Waals surface area contributed by atoms with Crippen molar-refractivity contribution in [3.63, 3.8) is 0 Å². The number of hydrogen-bond acceptors (Lipinski definition) is 1. The van der Waals surface area contributed by atoms with Crippen molar-refractivity contribution in [1.29, 1.82) is 0 Å². The van der Waals surface area contributed by atoms with Crippen molar-refractivity contribution < 1.29 is 4.39 Å². The van der Waals surface area contributed by atoms with E-state index in [1.807, 2.05) is 13.0 Å². The maximum absolute atomic E-state index is 13.0. The fourth-order valence-corrected chi connectivity index (χ4v) is 1.43. The third-order valence-corrected chi connectivity index (χ3v) is 2.56. The molecule has 0 saturated carbocycles. The van der Waals surface area contributed by atoms with Gasteiger partial charge >= 0.3 is 0 Å². The van der Waals surface area contributed by atoms with Gasteiger partial charge in [-0.3, -0.25) is 0 Å². The standard InChI is InChI=1S/C13H18FN/c1-9(2)12(8-15)6-11-7-13(14)5-4-10(11)3/h4-7,9H,8,15H2,1-3H3/b12-6+. The van der Waals surface area contributed by atoms with Crippen molar-refractivity contribution in [2.75, 3.05) is 6.54 Å². The number of benzene rings is 1. The molecule has 82 valence electrons. The van der Waals surface area contributed by atoms with E-state index in [1.54, 1.807) is 12.1 Å². The van der Waals surface area contributed by atoms with Crippen LogP contribution in [0.2, 0.25) is 0 Å². The molecule has 15 heavy (non-hydrogen) atoms. The Bertz CT molecular complexity index is 367. The summed E-state index contributed by atoms with van der Waals surface area (Å²) in [5.74, 6) is 0.199. The zero-order chi connectivity index (χ0) is 11.4. The lowest BCUT2D eigenvalue weighted by atomic mass is 9.98. The number of aryl methyl sites for hydroxylation is 1. The van der Waals surface area contributed by atoms with Gasteiger partial charge in [0.1, 0.15) is 5.82 Å². The van der Waals surface area contributed by atoms with E-state index in [1.165, 1.54) is 6.07 Å². The molecule has 0 bridgehead atoms. The number of halogens is 1. The summed E-state index contributed by atoms with van der Waals surface area (Å²) in [6.07, 6.45) is 1.99. The minimum atomic E-state index is -0.202. The largest absolute Gasteiger partial charge is 0.327 e. The zero-order valence-electron chi connectivity index (χ0n) is 9.55. The van der Waals surface area contributed by atoms with Crippen LogP contribution in [0.25, 0.3) is 6.08 Å². The summed E-state index contributed by atoms with van der Waals surface area (Å²) in [5.41, 5.74) is 8.78. The Kier molecular flexibility index (Phi) is 4.04. The van der Waals surface area contributed by atoms with Crippen LogP contribution in [0.15, 0.2) is 23.8 Å². The molecule has 0 atom stereocenters. The molecular weight excluding hydrogens is 189 g/mol. The van der Waals surface area contributed by atoms with Gasteiger partial charge in [-0.1, -0.05) is 31.6 Å². The molecule has 0 aromatic heterocycles. The monoisotopic (exact) mass is 207 g/mol. The molecule has 0 heterocycles. The number of nitrogens with two attached hydrogens (primary N) is 1. The molecule has 2 N–H and O–H groups in total. The lowest BCUT2D eigenvalue weighted by Gasteiger charge is -2.10. The molecule has 0 saturated heterocycles. The van der Waals surface area contributed by atoms with Crippen molar-refractivity contribution in [3.05, 3.63) is 40.7 Å². The Balaban J connectivity index is 3.10. The second-order valence-corrected chi connectivity index (χ2v) is 4.08. The van der Waals surface area contributed by atoms with Crippen molar-refractivity contribution >= 4 is 6.08 Å². The van der Waals surface area contributed by atoms with Crippen LogP contribution in [0, 0.1) is 18.7 Å². The SMILES string of the molecule is Cc1ccc(F)cc1/C=C(\CN)C(C)C. The average molecular weight is 207 g/mol. The first-order chi connectivity index (χ1) is 7.04. The van der Waals surface area contributed by atoms with Gasteiger partial charge in [0.25, 0.3) is 0 Å². The van der Waals surface area contributed by atoms with Gasteiger partial charge in [-0.25, -0.2) is 4.39 Å². The summed E-state index contributed by atoms with van der Waals surface area (Å²) in [4.78, 5) is 0. The Morgan fingerprint density at radius 1 is 1.47 bits per heavy atom. The van der Waals surface area contributed by atoms with E-state index < -0.39 is 0 Å². The summed E-state index contributed by atoms with van der Waals surface area (Å²) in [6.45, 7) is 6.67. The summed E-state index contributed by atoms with van der Waals surface area (Å²) in [5, 5.41) is 0. The second kappa shape index (κ2) is 5.08. The van der Waals surface area contributed by atoms with Crippen LogP contribution in [-0.2, 0) is 0 Å². The molecule has 0 aliphatic heterocycles. The molecule has 1 aromatic carbocycles. The number of rotatable bonds is 3. The quantitative estimate of drug-likeness (QED) is 0.809. The summed E-state index contributed by atoms with van der Waals surface area (Å²) in [6, 6.07) is 4.81. The van der Waals surface area contributed by atoms with E-state index >= 15 is 0 Å². The predicted molar refractivity (Wildman–Crippen MR) is 63.0 cm³/mol. The molecule has 0 unspecified atom stereocenters. The van der Waals surface area contributed by atoms with Crippen LogP contribution in [-0.4, -0.2) is 6.54 Å². The van der Waals surface area contributed by atoms with Crippen LogP contribution in [0.3, 0.4) is 0 Å². The van der Waals surface area contributed by atoms with E-state index in [9.17, 15) is 4.39 Å². The van der Waals surface area contributed by atoms with Crippen molar-refractivity contribution in [1.82, 2.24) is 0 Å². The van der Waals surface area contributed by atoms with Gasteiger partial charge in [0.05, 0.1) is 0 Å². The molecule has 0 fully saturated rings. The van der Waals surface area contributed by atoms with Gasteiger partial charge in [0.2, 0.25) is 0 Å². The molecule has 1 nitrogen and oxygen atoms in total. The van der Waals surface area contributed by atoms with E-state index in [0.29, 0.717) is 12.5 Å². The fraction of sp³-hybridized carbons (Fsp3) is 0.385. The van der Waals surface area contributed by atoms with Crippen LogP contribution in [0.5, 0.6) is 0 Å². The third-order valence-electron chi connectivity index (χ3n) is 2.56. The van der Waals surface area contributed by atoms with Gasteiger partial charge in [0.15, 0.2) is 0 Å². The Morgan fingerprint density at radius 3 is 2.67 bits per heavy atom. The third kappa shape index (κ3) is 3.17. The zero-order valence-corrected chi connectivity index (χ0v) is 9.55. The van der Waals surface area contributed by atoms with Crippen LogP contribution < -0.4 is 5.73 Å². The molecule has 0 radical (unpaired) electrons. The highest BCUT2D eigenvalue weighted by molar-refractivity contribution is 5.57. The highest BCUT2D eigenvalue weighted by Gasteiger charge is 2.03. The number of hydrogen-bond donors (Lipinski definition) is 1. The molecular formula is C13H18FN. The Hall–Kier alpha value is -1.15. The fourth-order valence-electron chi connectivity index (χ4n) is 1.43. The van der Waals surface area contributed by atoms with Crippen LogP contribution >= 0.6 is 0 Å². The minimum Gasteiger partial charge on any atom is -0.327 e.